The maximum Gasteiger partial charge on any atom is 0.177 e. The number of thiocarbonyl (C=S) groups is 1. The largest absolute Gasteiger partial charge is 0.332 e. The maximum atomic E-state index is 5.58. The molecule has 0 spiro atoms. The van der Waals surface area contributed by atoms with Gasteiger partial charge in [-0.3, -0.25) is 0 Å². The Kier molecular flexibility index (Phi) is 4.97. The summed E-state index contributed by atoms with van der Waals surface area (Å²) < 4.78 is 0. The van der Waals surface area contributed by atoms with Crippen LogP contribution in [0.5, 0.6) is 0 Å². The molecule has 0 aliphatic heterocycles. The molecule has 0 aliphatic rings. The van der Waals surface area contributed by atoms with Crippen molar-refractivity contribution in [3.8, 4) is 0 Å². The Labute approximate surface area is 132 Å². The van der Waals surface area contributed by atoms with Gasteiger partial charge in [0.2, 0.25) is 0 Å². The average Bonchev–Trinajstić information content (AvgIpc) is 2.38. The lowest BCUT2D eigenvalue weighted by Gasteiger charge is -2.25. The third kappa shape index (κ3) is 4.05. The zero-order valence-corrected chi connectivity index (χ0v) is 13.9. The second-order valence-corrected chi connectivity index (χ2v) is 5.78. The van der Waals surface area contributed by atoms with Crippen molar-refractivity contribution in [2.24, 2.45) is 0 Å². The van der Waals surface area contributed by atoms with Gasteiger partial charge in [-0.1, -0.05) is 18.2 Å². The van der Waals surface area contributed by atoms with Gasteiger partial charge in [-0.05, 0) is 80.9 Å². The van der Waals surface area contributed by atoms with Crippen molar-refractivity contribution in [1.82, 2.24) is 0 Å². The Morgan fingerprint density at radius 1 is 1.00 bits per heavy atom. The van der Waals surface area contributed by atoms with Gasteiger partial charge in [-0.15, -0.1) is 0 Å². The number of hydrogen-bond donors (Lipinski definition) is 1. The molecule has 0 aliphatic carbocycles. The van der Waals surface area contributed by atoms with E-state index < -0.39 is 0 Å². The van der Waals surface area contributed by atoms with Gasteiger partial charge < -0.3 is 10.2 Å². The smallest absolute Gasteiger partial charge is 0.177 e. The highest BCUT2D eigenvalue weighted by atomic mass is 32.1. The van der Waals surface area contributed by atoms with Crippen molar-refractivity contribution in [2.45, 2.75) is 27.7 Å². The van der Waals surface area contributed by atoms with Crippen LogP contribution in [0.1, 0.15) is 23.6 Å². The molecule has 110 valence electrons. The molecule has 0 fully saturated rings. The van der Waals surface area contributed by atoms with E-state index in [2.05, 4.69) is 80.4 Å². The second-order valence-electron chi connectivity index (χ2n) is 5.39. The summed E-state index contributed by atoms with van der Waals surface area (Å²) in [5.74, 6) is 0. The van der Waals surface area contributed by atoms with Crippen molar-refractivity contribution >= 4 is 28.7 Å². The number of benzene rings is 2. The molecule has 2 rings (SSSR count). The summed E-state index contributed by atoms with van der Waals surface area (Å²) >= 11 is 5.58. The van der Waals surface area contributed by atoms with Gasteiger partial charge in [0.25, 0.3) is 0 Å². The normalized spacial score (nSPS) is 10.3. The van der Waals surface area contributed by atoms with Gasteiger partial charge in [-0.25, -0.2) is 0 Å². The first-order valence-corrected chi connectivity index (χ1v) is 7.64. The number of anilines is 2. The minimum Gasteiger partial charge on any atom is -0.332 e. The lowest BCUT2D eigenvalue weighted by molar-refractivity contribution is 1.06. The highest BCUT2D eigenvalue weighted by Crippen LogP contribution is 2.19. The van der Waals surface area contributed by atoms with Gasteiger partial charge in [0.15, 0.2) is 5.11 Å². The quantitative estimate of drug-likeness (QED) is 0.817. The van der Waals surface area contributed by atoms with Crippen molar-refractivity contribution in [3.63, 3.8) is 0 Å². The van der Waals surface area contributed by atoms with Crippen LogP contribution in [-0.2, 0) is 0 Å². The Bertz CT molecular complexity index is 629. The predicted molar refractivity (Wildman–Crippen MR) is 96.3 cm³/mol. The summed E-state index contributed by atoms with van der Waals surface area (Å²) in [5, 5.41) is 4.08. The standard InChI is InChI=1S/C18H22N2S/c1-5-20(17-8-6-7-13(2)12-17)18(21)19-16-10-14(3)9-15(4)11-16/h6-12H,5H2,1-4H3,(H,19,21). The molecule has 2 aromatic rings. The molecular formula is C18H22N2S. The fourth-order valence-corrected chi connectivity index (χ4v) is 2.83. The minimum atomic E-state index is 0.730. The van der Waals surface area contributed by atoms with Crippen LogP contribution in [0, 0.1) is 20.8 Å². The topological polar surface area (TPSA) is 15.3 Å². The van der Waals surface area contributed by atoms with Crippen molar-refractivity contribution < 1.29 is 0 Å². The molecule has 0 saturated carbocycles. The van der Waals surface area contributed by atoms with Gasteiger partial charge in [0.1, 0.15) is 0 Å². The third-order valence-corrected chi connectivity index (χ3v) is 3.67. The Hall–Kier alpha value is -1.87. The Balaban J connectivity index is 2.21. The van der Waals surface area contributed by atoms with Crippen LogP contribution < -0.4 is 10.2 Å². The van der Waals surface area contributed by atoms with Gasteiger partial charge in [-0.2, -0.15) is 0 Å². The lowest BCUT2D eigenvalue weighted by Crippen LogP contribution is -2.34. The first-order valence-electron chi connectivity index (χ1n) is 7.23. The zero-order valence-electron chi connectivity index (χ0n) is 13.1. The summed E-state index contributed by atoms with van der Waals surface area (Å²) in [5.41, 5.74) is 5.88. The number of nitrogens with zero attached hydrogens (tertiary/aromatic N) is 1. The highest BCUT2D eigenvalue weighted by molar-refractivity contribution is 7.80. The summed E-state index contributed by atoms with van der Waals surface area (Å²) in [6.07, 6.45) is 0. The van der Waals surface area contributed by atoms with Crippen molar-refractivity contribution in [1.29, 1.82) is 0 Å². The maximum absolute atomic E-state index is 5.58. The molecule has 0 heterocycles. The molecular weight excluding hydrogens is 276 g/mol. The van der Waals surface area contributed by atoms with E-state index in [9.17, 15) is 0 Å². The van der Waals surface area contributed by atoms with Crippen LogP contribution in [0.4, 0.5) is 11.4 Å². The van der Waals surface area contributed by atoms with Crippen LogP contribution >= 0.6 is 12.2 Å². The Morgan fingerprint density at radius 3 is 2.24 bits per heavy atom. The monoisotopic (exact) mass is 298 g/mol. The van der Waals surface area contributed by atoms with Crippen LogP contribution in [0.3, 0.4) is 0 Å². The first kappa shape index (κ1) is 15.5. The number of aryl methyl sites for hydroxylation is 3. The fourth-order valence-electron chi connectivity index (χ4n) is 2.48. The SMILES string of the molecule is CCN(C(=S)Nc1cc(C)cc(C)c1)c1cccc(C)c1. The average molecular weight is 298 g/mol. The molecule has 0 atom stereocenters. The molecule has 2 aromatic carbocycles. The predicted octanol–water partition coefficient (Wildman–Crippen LogP) is 4.84. The van der Waals surface area contributed by atoms with E-state index in [1.807, 2.05) is 0 Å². The molecule has 0 bridgehead atoms. The minimum absolute atomic E-state index is 0.730. The van der Waals surface area contributed by atoms with Gasteiger partial charge >= 0.3 is 0 Å². The third-order valence-electron chi connectivity index (χ3n) is 3.35. The fraction of sp³-hybridized carbons (Fsp3) is 0.278. The summed E-state index contributed by atoms with van der Waals surface area (Å²) in [7, 11) is 0. The zero-order chi connectivity index (χ0) is 15.4. The molecule has 0 radical (unpaired) electrons. The summed E-state index contributed by atoms with van der Waals surface area (Å²) in [6, 6.07) is 14.8. The summed E-state index contributed by atoms with van der Waals surface area (Å²) in [6.45, 7) is 9.23. The molecule has 0 unspecified atom stereocenters. The van der Waals surface area contributed by atoms with Crippen LogP contribution in [-0.4, -0.2) is 11.7 Å². The highest BCUT2D eigenvalue weighted by Gasteiger charge is 2.10. The molecule has 3 heteroatoms. The van der Waals surface area contributed by atoms with Crippen molar-refractivity contribution in [3.05, 3.63) is 59.2 Å². The van der Waals surface area contributed by atoms with E-state index in [0.29, 0.717) is 0 Å². The van der Waals surface area contributed by atoms with E-state index in [-0.39, 0.29) is 0 Å². The van der Waals surface area contributed by atoms with E-state index in [1.165, 1.54) is 16.7 Å². The van der Waals surface area contributed by atoms with Crippen molar-refractivity contribution in [2.75, 3.05) is 16.8 Å². The first-order chi connectivity index (χ1) is 9.99. The lowest BCUT2D eigenvalue weighted by atomic mass is 10.1. The van der Waals surface area contributed by atoms with Gasteiger partial charge in [0.05, 0.1) is 0 Å². The molecule has 0 amide bonds. The van der Waals surface area contributed by atoms with Crippen LogP contribution in [0.2, 0.25) is 0 Å². The van der Waals surface area contributed by atoms with Gasteiger partial charge in [0, 0.05) is 17.9 Å². The van der Waals surface area contributed by atoms with E-state index in [1.54, 1.807) is 0 Å². The van der Waals surface area contributed by atoms with E-state index in [4.69, 9.17) is 12.2 Å². The number of nitrogens with one attached hydrogen (secondary N) is 1. The number of rotatable bonds is 3. The molecule has 21 heavy (non-hydrogen) atoms. The van der Waals surface area contributed by atoms with E-state index in [0.717, 1.165) is 23.0 Å². The summed E-state index contributed by atoms with van der Waals surface area (Å²) in [4.78, 5) is 2.11. The number of hydrogen-bond acceptors (Lipinski definition) is 1. The molecule has 1 N–H and O–H groups in total. The van der Waals surface area contributed by atoms with E-state index >= 15 is 0 Å². The molecule has 0 aromatic heterocycles. The second kappa shape index (κ2) is 6.72. The van der Waals surface area contributed by atoms with Crippen LogP contribution in [0.15, 0.2) is 42.5 Å². The molecule has 0 saturated heterocycles. The molecule has 2 nitrogen and oxygen atoms in total. The van der Waals surface area contributed by atoms with Crippen LogP contribution in [0.25, 0.3) is 0 Å². The Morgan fingerprint density at radius 2 is 1.67 bits per heavy atom.